The molecule has 5 rings (SSSR count). The Bertz CT molecular complexity index is 1620. The predicted molar refractivity (Wildman–Crippen MR) is 182 cm³/mol. The van der Waals surface area contributed by atoms with E-state index < -0.39 is 6.04 Å². The fourth-order valence-corrected chi connectivity index (χ4v) is 5.83. The van der Waals surface area contributed by atoms with Crippen LogP contribution in [-0.2, 0) is 16.0 Å². The lowest BCUT2D eigenvalue weighted by Gasteiger charge is -2.28. The summed E-state index contributed by atoms with van der Waals surface area (Å²) < 4.78 is 0. The van der Waals surface area contributed by atoms with Gasteiger partial charge in [-0.3, -0.25) is 14.4 Å². The van der Waals surface area contributed by atoms with Crippen LogP contribution < -0.4 is 21.7 Å². The van der Waals surface area contributed by atoms with Gasteiger partial charge in [-0.2, -0.15) is 5.21 Å². The van der Waals surface area contributed by atoms with Crippen LogP contribution in [0.2, 0.25) is 0 Å². The highest BCUT2D eigenvalue weighted by atomic mass is 35.5. The van der Waals surface area contributed by atoms with Crippen LogP contribution >= 0.6 is 12.4 Å². The molecule has 1 aliphatic carbocycles. The molecule has 3 amide bonds. The molecule has 1 aromatic heterocycles. The van der Waals surface area contributed by atoms with Crippen molar-refractivity contribution in [2.45, 2.75) is 45.1 Å². The van der Waals surface area contributed by atoms with Crippen molar-refractivity contribution in [3.05, 3.63) is 83.4 Å². The largest absolute Gasteiger partial charge is 0.395 e. The number of aliphatic hydroxyl groups is 1. The SMILES string of the molecule is Cc1cc(C(=O)NCCO)ccc1-c1ccc(C[C@H](NC(=O)[C@H]2CC[C@H](CN)CC2)C(=O)Nc2ccc(-c3nn[nH]n3)cc2)cc1.Cl. The van der Waals surface area contributed by atoms with Gasteiger partial charge in [0, 0.05) is 35.7 Å². The molecule has 4 aromatic rings. The van der Waals surface area contributed by atoms with E-state index in [9.17, 15) is 14.4 Å². The number of aromatic amines is 1. The third-order valence-corrected chi connectivity index (χ3v) is 8.53. The number of anilines is 1. The van der Waals surface area contributed by atoms with Crippen LogP contribution in [-0.4, -0.2) is 69.2 Å². The van der Waals surface area contributed by atoms with Crippen molar-refractivity contribution in [2.75, 3.05) is 25.0 Å². The highest BCUT2D eigenvalue weighted by Crippen LogP contribution is 2.29. The van der Waals surface area contributed by atoms with Crippen LogP contribution in [0.4, 0.5) is 5.69 Å². The van der Waals surface area contributed by atoms with E-state index in [0.717, 1.165) is 53.5 Å². The molecule has 1 aliphatic rings. The summed E-state index contributed by atoms with van der Waals surface area (Å²) in [5, 5.41) is 31.6. The predicted octanol–water partition coefficient (Wildman–Crippen LogP) is 3.42. The van der Waals surface area contributed by atoms with Crippen molar-refractivity contribution in [1.82, 2.24) is 31.3 Å². The van der Waals surface area contributed by atoms with Crippen molar-refractivity contribution in [3.8, 4) is 22.5 Å². The van der Waals surface area contributed by atoms with E-state index in [1.165, 1.54) is 0 Å². The second-order valence-corrected chi connectivity index (χ2v) is 11.7. The summed E-state index contributed by atoms with van der Waals surface area (Å²) in [4.78, 5) is 39.2. The number of amides is 3. The van der Waals surface area contributed by atoms with Gasteiger partial charge >= 0.3 is 0 Å². The van der Waals surface area contributed by atoms with E-state index >= 15 is 0 Å². The number of benzene rings is 3. The van der Waals surface area contributed by atoms with Gasteiger partial charge in [0.2, 0.25) is 17.6 Å². The fourth-order valence-electron chi connectivity index (χ4n) is 5.83. The molecule has 0 radical (unpaired) electrons. The minimum Gasteiger partial charge on any atom is -0.395 e. The molecule has 7 N–H and O–H groups in total. The smallest absolute Gasteiger partial charge is 0.251 e. The van der Waals surface area contributed by atoms with Gasteiger partial charge in [-0.1, -0.05) is 30.3 Å². The molecule has 0 unspecified atom stereocenters. The number of nitrogens with zero attached hydrogens (tertiary/aromatic N) is 3. The minimum absolute atomic E-state index is 0. The number of aryl methyl sites for hydroxylation is 1. The molecular formula is C34H41ClN8O4. The average Bonchev–Trinajstić information content (AvgIpc) is 3.63. The second-order valence-electron chi connectivity index (χ2n) is 11.7. The summed E-state index contributed by atoms with van der Waals surface area (Å²) in [6, 6.07) is 19.6. The third-order valence-electron chi connectivity index (χ3n) is 8.53. The Hall–Kier alpha value is -4.65. The van der Waals surface area contributed by atoms with E-state index in [-0.39, 0.29) is 49.2 Å². The summed E-state index contributed by atoms with van der Waals surface area (Å²) in [6.45, 7) is 2.65. The number of carbonyl (C=O) groups is 3. The zero-order chi connectivity index (χ0) is 32.5. The highest BCUT2D eigenvalue weighted by Gasteiger charge is 2.29. The molecule has 1 heterocycles. The maximum absolute atomic E-state index is 13.6. The topological polar surface area (TPSA) is 188 Å². The molecule has 13 heteroatoms. The number of carbonyl (C=O) groups excluding carboxylic acids is 3. The van der Waals surface area contributed by atoms with Crippen LogP contribution in [0.25, 0.3) is 22.5 Å². The highest BCUT2D eigenvalue weighted by molar-refractivity contribution is 5.98. The van der Waals surface area contributed by atoms with Crippen LogP contribution in [0, 0.1) is 18.8 Å². The maximum Gasteiger partial charge on any atom is 0.251 e. The van der Waals surface area contributed by atoms with Gasteiger partial charge in [-0.05, 0) is 109 Å². The van der Waals surface area contributed by atoms with E-state index in [1.807, 2.05) is 43.3 Å². The first-order chi connectivity index (χ1) is 22.3. The minimum atomic E-state index is -0.791. The van der Waals surface area contributed by atoms with Gasteiger partial charge in [0.25, 0.3) is 5.91 Å². The standard InChI is InChI=1S/C34H40N8O4.ClH/c1-21-18-27(32(44)36-16-17-43)12-15-29(21)24-6-2-22(3-7-24)19-30(38-33(45)26-8-4-23(20-35)5-9-26)34(46)37-28-13-10-25(11-14-28)31-39-41-42-40-31;/h2-3,6-7,10-15,18,23,26,30,43H,4-5,8-9,16-17,19-20,35H2,1H3,(H,36,44)(H,37,46)(H,38,45)(H,39,40,41,42);1H/t23-,26-,30-;/m0./s1. The van der Waals surface area contributed by atoms with E-state index in [0.29, 0.717) is 36.0 Å². The normalized spacial score (nSPS) is 16.4. The molecule has 0 saturated heterocycles. The van der Waals surface area contributed by atoms with Crippen LogP contribution in [0.5, 0.6) is 0 Å². The lowest BCUT2D eigenvalue weighted by molar-refractivity contribution is -0.130. The summed E-state index contributed by atoms with van der Waals surface area (Å²) in [6.07, 6.45) is 3.64. The number of H-pyrrole nitrogens is 1. The molecule has 1 atom stereocenters. The van der Waals surface area contributed by atoms with Crippen LogP contribution in [0.3, 0.4) is 0 Å². The molecule has 47 heavy (non-hydrogen) atoms. The molecule has 0 bridgehead atoms. The van der Waals surface area contributed by atoms with Crippen molar-refractivity contribution < 1.29 is 19.5 Å². The number of hydrogen-bond acceptors (Lipinski definition) is 8. The van der Waals surface area contributed by atoms with Crippen molar-refractivity contribution in [2.24, 2.45) is 17.6 Å². The molecule has 248 valence electrons. The van der Waals surface area contributed by atoms with Gasteiger partial charge in [-0.25, -0.2) is 0 Å². The molecule has 3 aromatic carbocycles. The molecule has 0 aliphatic heterocycles. The number of nitrogens with one attached hydrogen (secondary N) is 4. The van der Waals surface area contributed by atoms with Gasteiger partial charge in [0.1, 0.15) is 6.04 Å². The van der Waals surface area contributed by atoms with Crippen LogP contribution in [0.1, 0.15) is 47.2 Å². The van der Waals surface area contributed by atoms with Crippen molar-refractivity contribution >= 4 is 35.8 Å². The summed E-state index contributed by atoms with van der Waals surface area (Å²) >= 11 is 0. The fraction of sp³-hybridized carbons (Fsp3) is 0.353. The molecule has 0 spiro atoms. The van der Waals surface area contributed by atoms with E-state index in [1.54, 1.807) is 30.3 Å². The first kappa shape index (κ1) is 35.2. The quantitative estimate of drug-likeness (QED) is 0.133. The third kappa shape index (κ3) is 9.22. The van der Waals surface area contributed by atoms with Crippen molar-refractivity contribution in [3.63, 3.8) is 0 Å². The number of rotatable bonds is 12. The first-order valence-electron chi connectivity index (χ1n) is 15.6. The summed E-state index contributed by atoms with van der Waals surface area (Å²) in [7, 11) is 0. The number of nitrogens with two attached hydrogens (primary N) is 1. The lowest BCUT2D eigenvalue weighted by atomic mass is 9.81. The van der Waals surface area contributed by atoms with Gasteiger partial charge < -0.3 is 26.8 Å². The summed E-state index contributed by atoms with van der Waals surface area (Å²) in [5.41, 5.74) is 11.5. The zero-order valence-corrected chi connectivity index (χ0v) is 27.1. The van der Waals surface area contributed by atoms with Crippen LogP contribution in [0.15, 0.2) is 66.7 Å². The zero-order valence-electron chi connectivity index (χ0n) is 26.2. The van der Waals surface area contributed by atoms with E-state index in [2.05, 4.69) is 36.6 Å². The summed E-state index contributed by atoms with van der Waals surface area (Å²) in [5.74, 6) is 0.0858. The van der Waals surface area contributed by atoms with Gasteiger partial charge in [0.05, 0.1) is 6.61 Å². The Labute approximate surface area is 279 Å². The number of tetrazole rings is 1. The molecular weight excluding hydrogens is 620 g/mol. The Kier molecular flexibility index (Phi) is 12.6. The first-order valence-corrected chi connectivity index (χ1v) is 15.6. The number of aromatic nitrogens is 4. The number of aliphatic hydroxyl groups excluding tert-OH is 1. The lowest BCUT2D eigenvalue weighted by Crippen LogP contribution is -2.48. The Morgan fingerprint density at radius 1 is 0.979 bits per heavy atom. The van der Waals surface area contributed by atoms with Gasteiger partial charge in [-0.15, -0.1) is 22.6 Å². The molecule has 1 fully saturated rings. The van der Waals surface area contributed by atoms with Gasteiger partial charge in [0.15, 0.2) is 0 Å². The number of hydrogen-bond donors (Lipinski definition) is 6. The average molecular weight is 661 g/mol. The maximum atomic E-state index is 13.6. The monoisotopic (exact) mass is 660 g/mol. The Morgan fingerprint density at radius 3 is 2.30 bits per heavy atom. The Morgan fingerprint density at radius 2 is 1.68 bits per heavy atom. The molecule has 1 saturated carbocycles. The number of halogens is 1. The Balaban J connectivity index is 0.00000500. The van der Waals surface area contributed by atoms with E-state index in [4.69, 9.17) is 10.8 Å². The van der Waals surface area contributed by atoms with Crippen molar-refractivity contribution in [1.29, 1.82) is 0 Å². The second kappa shape index (κ2) is 16.8. The molecule has 12 nitrogen and oxygen atoms in total.